The second-order valence-corrected chi connectivity index (χ2v) is 5.22. The number of cyclic esters (lactones) is 1. The summed E-state index contributed by atoms with van der Waals surface area (Å²) >= 11 is 0. The number of nitrogens with one attached hydrogen (secondary N) is 1. The molecule has 16 heavy (non-hydrogen) atoms. The predicted octanol–water partition coefficient (Wildman–Crippen LogP) is 2.88. The Labute approximate surface area is 95.8 Å². The van der Waals surface area contributed by atoms with Crippen LogP contribution in [-0.2, 0) is 4.74 Å². The molecule has 2 rings (SSSR count). The van der Waals surface area contributed by atoms with Crippen LogP contribution in [0.5, 0.6) is 0 Å². The highest BCUT2D eigenvalue weighted by atomic mass is 16.6. The zero-order valence-corrected chi connectivity index (χ0v) is 9.86. The fourth-order valence-electron chi connectivity index (χ4n) is 2.02. The lowest BCUT2D eigenvalue weighted by Crippen LogP contribution is -2.33. The minimum absolute atomic E-state index is 0.0475. The van der Waals surface area contributed by atoms with Gasteiger partial charge in [-0.1, -0.05) is 51.1 Å². The Hall–Kier alpha value is -1.51. The van der Waals surface area contributed by atoms with Gasteiger partial charge in [0.1, 0.15) is 6.10 Å². The molecule has 1 amide bonds. The lowest BCUT2D eigenvalue weighted by atomic mass is 9.82. The van der Waals surface area contributed by atoms with E-state index in [1.807, 2.05) is 30.3 Å². The SMILES string of the molecule is CC(C)(C)[C@H]1OC(=O)N[C@@H]1c1ccccc1. The average molecular weight is 219 g/mol. The Morgan fingerprint density at radius 2 is 1.81 bits per heavy atom. The third-order valence-corrected chi connectivity index (χ3v) is 2.82. The first-order chi connectivity index (χ1) is 7.48. The Kier molecular flexibility index (Phi) is 2.62. The Bertz CT molecular complexity index is 381. The maximum absolute atomic E-state index is 11.4. The van der Waals surface area contributed by atoms with Gasteiger partial charge in [-0.3, -0.25) is 0 Å². The van der Waals surface area contributed by atoms with Gasteiger partial charge in [-0.25, -0.2) is 4.79 Å². The largest absolute Gasteiger partial charge is 0.443 e. The molecule has 0 aliphatic carbocycles. The van der Waals surface area contributed by atoms with Crippen molar-refractivity contribution in [2.45, 2.75) is 32.9 Å². The van der Waals surface area contributed by atoms with E-state index in [1.54, 1.807) is 0 Å². The lowest BCUT2D eigenvalue weighted by Gasteiger charge is -2.29. The molecule has 0 unspecified atom stereocenters. The minimum atomic E-state index is -0.325. The van der Waals surface area contributed by atoms with Crippen molar-refractivity contribution in [3.05, 3.63) is 35.9 Å². The number of benzene rings is 1. The molecule has 1 N–H and O–H groups in total. The lowest BCUT2D eigenvalue weighted by molar-refractivity contribution is 0.0558. The molecule has 1 heterocycles. The molecular weight excluding hydrogens is 202 g/mol. The highest BCUT2D eigenvalue weighted by molar-refractivity contribution is 5.71. The van der Waals surface area contributed by atoms with Crippen molar-refractivity contribution in [2.75, 3.05) is 0 Å². The van der Waals surface area contributed by atoms with Gasteiger partial charge >= 0.3 is 6.09 Å². The van der Waals surface area contributed by atoms with Gasteiger partial charge in [-0.2, -0.15) is 0 Å². The fraction of sp³-hybridized carbons (Fsp3) is 0.462. The van der Waals surface area contributed by atoms with Gasteiger partial charge in [0.15, 0.2) is 0 Å². The highest BCUT2D eigenvalue weighted by Gasteiger charge is 2.42. The van der Waals surface area contributed by atoms with Crippen LogP contribution in [0.2, 0.25) is 0 Å². The molecule has 1 saturated heterocycles. The summed E-state index contributed by atoms with van der Waals surface area (Å²) in [4.78, 5) is 11.4. The first kappa shape index (κ1) is 11.0. The van der Waals surface area contributed by atoms with E-state index in [9.17, 15) is 4.79 Å². The molecule has 1 aliphatic heterocycles. The zero-order chi connectivity index (χ0) is 11.8. The number of alkyl carbamates (subject to hydrolysis) is 1. The molecule has 3 heteroatoms. The van der Waals surface area contributed by atoms with E-state index in [0.29, 0.717) is 0 Å². The van der Waals surface area contributed by atoms with Crippen molar-refractivity contribution < 1.29 is 9.53 Å². The topological polar surface area (TPSA) is 38.3 Å². The van der Waals surface area contributed by atoms with Crippen molar-refractivity contribution >= 4 is 6.09 Å². The molecule has 0 aromatic heterocycles. The average Bonchev–Trinajstić information content (AvgIpc) is 2.61. The zero-order valence-electron chi connectivity index (χ0n) is 9.86. The van der Waals surface area contributed by atoms with Crippen LogP contribution >= 0.6 is 0 Å². The second-order valence-electron chi connectivity index (χ2n) is 5.22. The molecule has 86 valence electrons. The van der Waals surface area contributed by atoms with Crippen molar-refractivity contribution in [2.24, 2.45) is 5.41 Å². The van der Waals surface area contributed by atoms with Gasteiger partial charge in [0.2, 0.25) is 0 Å². The molecule has 0 saturated carbocycles. The van der Waals surface area contributed by atoms with Crippen LogP contribution in [0.15, 0.2) is 30.3 Å². The van der Waals surface area contributed by atoms with E-state index < -0.39 is 0 Å². The van der Waals surface area contributed by atoms with E-state index in [-0.39, 0.29) is 23.7 Å². The summed E-state index contributed by atoms with van der Waals surface area (Å²) < 4.78 is 5.34. The quantitative estimate of drug-likeness (QED) is 0.788. The number of hydrogen-bond acceptors (Lipinski definition) is 2. The van der Waals surface area contributed by atoms with E-state index >= 15 is 0 Å². The molecule has 1 aromatic rings. The van der Waals surface area contributed by atoms with Gasteiger partial charge in [-0.05, 0) is 5.56 Å². The molecule has 0 radical (unpaired) electrons. The van der Waals surface area contributed by atoms with Crippen LogP contribution in [0.4, 0.5) is 4.79 Å². The summed E-state index contributed by atoms with van der Waals surface area (Å²) in [5, 5.41) is 2.87. The van der Waals surface area contributed by atoms with E-state index in [1.165, 1.54) is 0 Å². The second kappa shape index (κ2) is 3.81. The van der Waals surface area contributed by atoms with Crippen molar-refractivity contribution in [3.63, 3.8) is 0 Å². The first-order valence-electron chi connectivity index (χ1n) is 5.50. The summed E-state index contributed by atoms with van der Waals surface area (Å²) in [6.45, 7) is 6.23. The van der Waals surface area contributed by atoms with Crippen LogP contribution in [0.25, 0.3) is 0 Å². The van der Waals surface area contributed by atoms with Crippen LogP contribution in [0.3, 0.4) is 0 Å². The molecule has 0 spiro atoms. The van der Waals surface area contributed by atoms with Crippen LogP contribution in [-0.4, -0.2) is 12.2 Å². The molecule has 1 fully saturated rings. The Morgan fingerprint density at radius 1 is 1.19 bits per heavy atom. The Morgan fingerprint density at radius 3 is 2.38 bits per heavy atom. The normalized spacial score (nSPS) is 25.1. The minimum Gasteiger partial charge on any atom is -0.443 e. The van der Waals surface area contributed by atoms with Gasteiger partial charge in [0, 0.05) is 5.41 Å². The standard InChI is InChI=1S/C13H17NO2/c1-13(2,3)11-10(14-12(15)16-11)9-7-5-4-6-8-9/h4-8,10-11H,1-3H3,(H,14,15)/t10-,11+/m1/s1. The van der Waals surface area contributed by atoms with Crippen molar-refractivity contribution in [1.29, 1.82) is 0 Å². The van der Waals surface area contributed by atoms with Crippen LogP contribution in [0, 0.1) is 5.41 Å². The third-order valence-electron chi connectivity index (χ3n) is 2.82. The first-order valence-corrected chi connectivity index (χ1v) is 5.50. The molecule has 0 bridgehead atoms. The summed E-state index contributed by atoms with van der Waals surface area (Å²) in [5.74, 6) is 0. The summed E-state index contributed by atoms with van der Waals surface area (Å²) in [7, 11) is 0. The summed E-state index contributed by atoms with van der Waals surface area (Å²) in [6, 6.07) is 9.89. The maximum Gasteiger partial charge on any atom is 0.408 e. The monoisotopic (exact) mass is 219 g/mol. The number of carbonyl (C=O) groups is 1. The number of hydrogen-bond donors (Lipinski definition) is 1. The number of ether oxygens (including phenoxy) is 1. The molecule has 3 nitrogen and oxygen atoms in total. The molecule has 1 aliphatic rings. The van der Waals surface area contributed by atoms with Crippen LogP contribution in [0.1, 0.15) is 32.4 Å². The Balaban J connectivity index is 2.30. The van der Waals surface area contributed by atoms with Crippen molar-refractivity contribution in [1.82, 2.24) is 5.32 Å². The summed E-state index contributed by atoms with van der Waals surface area (Å²) in [5.41, 5.74) is 1.02. The third kappa shape index (κ3) is 2.03. The summed E-state index contributed by atoms with van der Waals surface area (Å²) in [6.07, 6.45) is -0.448. The van der Waals surface area contributed by atoms with Gasteiger partial charge in [-0.15, -0.1) is 0 Å². The maximum atomic E-state index is 11.4. The van der Waals surface area contributed by atoms with Crippen molar-refractivity contribution in [3.8, 4) is 0 Å². The van der Waals surface area contributed by atoms with Gasteiger partial charge < -0.3 is 10.1 Å². The smallest absolute Gasteiger partial charge is 0.408 e. The molecule has 1 aromatic carbocycles. The van der Waals surface area contributed by atoms with Gasteiger partial charge in [0.25, 0.3) is 0 Å². The number of carbonyl (C=O) groups excluding carboxylic acids is 1. The van der Waals surface area contributed by atoms with E-state index in [2.05, 4.69) is 26.1 Å². The molecular formula is C13H17NO2. The van der Waals surface area contributed by atoms with E-state index in [0.717, 1.165) is 5.56 Å². The number of rotatable bonds is 1. The van der Waals surface area contributed by atoms with Gasteiger partial charge in [0.05, 0.1) is 6.04 Å². The highest BCUT2D eigenvalue weighted by Crippen LogP contribution is 2.36. The van der Waals surface area contributed by atoms with Crippen LogP contribution < -0.4 is 5.32 Å². The fourth-order valence-corrected chi connectivity index (χ4v) is 2.02. The molecule has 2 atom stereocenters. The predicted molar refractivity (Wildman–Crippen MR) is 62.0 cm³/mol. The van der Waals surface area contributed by atoms with E-state index in [4.69, 9.17) is 4.74 Å². The number of amides is 1.